The van der Waals surface area contributed by atoms with Gasteiger partial charge in [-0.1, -0.05) is 109 Å². The fourth-order valence-corrected chi connectivity index (χ4v) is 5.11. The number of rotatable bonds is 27. The van der Waals surface area contributed by atoms with Crippen LogP contribution in [-0.2, 0) is 14.0 Å². The van der Waals surface area contributed by atoms with E-state index in [9.17, 15) is 4.79 Å². The molecule has 0 bridgehead atoms. The van der Waals surface area contributed by atoms with Crippen LogP contribution in [0.5, 0.6) is 0 Å². The SMILES string of the molecule is [B][Si](P)OCC(CCCC(CCCCCCCC)OC(=O)CCCCCCCCCCCC)N=[N+]=[N-]. The molecule has 9 heteroatoms. The normalized spacial score (nSPS) is 12.9. The molecule has 0 N–H and O–H groups in total. The zero-order valence-corrected chi connectivity index (χ0v) is 25.6. The number of unbranched alkanes of at least 4 members (excludes halogenated alkanes) is 14. The van der Waals surface area contributed by atoms with Crippen LogP contribution in [0.4, 0.5) is 0 Å². The van der Waals surface area contributed by atoms with Crippen molar-refractivity contribution in [1.29, 1.82) is 0 Å². The molecule has 0 saturated carbocycles. The van der Waals surface area contributed by atoms with Crippen molar-refractivity contribution >= 4 is 30.8 Å². The highest BCUT2D eigenvalue weighted by molar-refractivity contribution is 7.70. The van der Waals surface area contributed by atoms with Crippen LogP contribution in [0.15, 0.2) is 5.11 Å². The Kier molecular flexibility index (Phi) is 27.1. The lowest BCUT2D eigenvalue weighted by molar-refractivity contribution is -0.150. The van der Waals surface area contributed by atoms with Crippen LogP contribution in [0.1, 0.15) is 149 Å². The minimum atomic E-state index is -1.38. The maximum Gasteiger partial charge on any atom is 0.306 e. The first kappa shape index (κ1) is 35.5. The van der Waals surface area contributed by atoms with Crippen molar-refractivity contribution in [3.63, 3.8) is 0 Å². The summed E-state index contributed by atoms with van der Waals surface area (Å²) >= 11 is 0. The van der Waals surface area contributed by atoms with Crippen molar-refractivity contribution in [3.8, 4) is 0 Å². The standard InChI is InChI=1S/C27H54BN3O3PSi/c1-3-5-7-9-11-12-13-14-16-18-23-27(32)34-26(21-17-15-10-8-6-4-2)22-19-20-25(30-31-29)24-33-36(28)35/h25-26H,3-24,35H2,1-2H3. The predicted octanol–water partition coefficient (Wildman–Crippen LogP) is 8.85. The average Bonchev–Trinajstić information content (AvgIpc) is 2.85. The van der Waals surface area contributed by atoms with Crippen molar-refractivity contribution in [3.05, 3.63) is 10.4 Å². The smallest absolute Gasteiger partial charge is 0.306 e. The fourth-order valence-electron chi connectivity index (χ4n) is 4.44. The van der Waals surface area contributed by atoms with E-state index < -0.39 is 8.58 Å². The van der Waals surface area contributed by atoms with Gasteiger partial charge in [0.2, 0.25) is 0 Å². The van der Waals surface area contributed by atoms with Crippen molar-refractivity contribution in [1.82, 2.24) is 0 Å². The van der Waals surface area contributed by atoms with E-state index in [2.05, 4.69) is 32.7 Å². The molecule has 0 amide bonds. The summed E-state index contributed by atoms with van der Waals surface area (Å²) in [6.07, 6.45) is 23.7. The Balaban J connectivity index is 4.30. The number of hydrogen-bond donors (Lipinski definition) is 0. The van der Waals surface area contributed by atoms with Gasteiger partial charge in [0.25, 0.3) is 0 Å². The van der Waals surface area contributed by atoms with E-state index in [-0.39, 0.29) is 18.1 Å². The van der Waals surface area contributed by atoms with Crippen LogP contribution in [0.3, 0.4) is 0 Å². The van der Waals surface area contributed by atoms with Gasteiger partial charge >= 0.3 is 5.97 Å². The van der Waals surface area contributed by atoms with Crippen LogP contribution in [-0.4, -0.2) is 40.7 Å². The molecule has 0 saturated heterocycles. The molecule has 0 aliphatic rings. The second-order valence-corrected chi connectivity index (χ2v) is 12.9. The van der Waals surface area contributed by atoms with Gasteiger partial charge in [-0.15, -0.1) is 8.79 Å². The van der Waals surface area contributed by atoms with Crippen LogP contribution in [0.25, 0.3) is 10.4 Å². The molecule has 0 fully saturated rings. The van der Waals surface area contributed by atoms with E-state index >= 15 is 0 Å². The van der Waals surface area contributed by atoms with Crippen molar-refractivity contribution < 1.29 is 14.0 Å². The Morgan fingerprint density at radius 1 is 0.833 bits per heavy atom. The third-order valence-corrected chi connectivity index (χ3v) is 7.63. The molecule has 0 aliphatic carbocycles. The topological polar surface area (TPSA) is 84.3 Å². The molecule has 3 radical (unpaired) electrons. The molecule has 0 aliphatic heterocycles. The summed E-state index contributed by atoms with van der Waals surface area (Å²) in [5.41, 5.74) is 8.83. The molecule has 6 nitrogen and oxygen atoms in total. The van der Waals surface area contributed by atoms with Crippen LogP contribution in [0.2, 0.25) is 0 Å². The monoisotopic (exact) mass is 538 g/mol. The summed E-state index contributed by atoms with van der Waals surface area (Å²) in [6, 6.07) is -0.226. The first-order valence-electron chi connectivity index (χ1n) is 14.8. The zero-order valence-electron chi connectivity index (χ0n) is 23.4. The molecular formula is C27H54BN3O3PSi. The van der Waals surface area contributed by atoms with Gasteiger partial charge in [-0.3, -0.25) is 4.79 Å². The highest BCUT2D eigenvalue weighted by Gasteiger charge is 2.16. The lowest BCUT2D eigenvalue weighted by Crippen LogP contribution is -2.21. The summed E-state index contributed by atoms with van der Waals surface area (Å²) in [6.45, 7) is 4.83. The maximum absolute atomic E-state index is 12.5. The number of carbonyl (C=O) groups is 1. The van der Waals surface area contributed by atoms with Gasteiger partial charge in [0.1, 0.15) is 6.10 Å². The molecule has 0 aromatic heterocycles. The van der Waals surface area contributed by atoms with Gasteiger partial charge in [-0.25, -0.2) is 0 Å². The number of azide groups is 1. The Labute approximate surface area is 227 Å². The molecule has 3 unspecified atom stereocenters. The second-order valence-electron chi connectivity index (χ2n) is 10.1. The first-order chi connectivity index (χ1) is 17.5. The van der Waals surface area contributed by atoms with Crippen molar-refractivity contribution in [2.24, 2.45) is 5.11 Å². The van der Waals surface area contributed by atoms with Crippen molar-refractivity contribution in [2.45, 2.75) is 161 Å². The van der Waals surface area contributed by atoms with E-state index in [4.69, 9.17) is 22.1 Å². The van der Waals surface area contributed by atoms with E-state index in [0.717, 1.165) is 38.5 Å². The molecule has 3 atom stereocenters. The Hall–Kier alpha value is -0.548. The van der Waals surface area contributed by atoms with Gasteiger partial charge in [0.05, 0.1) is 13.5 Å². The third-order valence-electron chi connectivity index (χ3n) is 6.63. The van der Waals surface area contributed by atoms with Crippen LogP contribution >= 0.6 is 8.79 Å². The molecule has 0 aromatic carbocycles. The summed E-state index contributed by atoms with van der Waals surface area (Å²) < 4.78 is 11.4. The van der Waals surface area contributed by atoms with Gasteiger partial charge in [0.15, 0.2) is 8.58 Å². The van der Waals surface area contributed by atoms with Crippen molar-refractivity contribution in [2.75, 3.05) is 6.61 Å². The average molecular weight is 539 g/mol. The summed E-state index contributed by atoms with van der Waals surface area (Å²) in [4.78, 5) is 15.5. The number of carbonyl (C=O) groups excluding carboxylic acids is 1. The summed E-state index contributed by atoms with van der Waals surface area (Å²) in [7, 11) is 6.81. The molecule has 0 heterocycles. The quantitative estimate of drug-likeness (QED) is 0.0199. The minimum absolute atomic E-state index is 0.0460. The van der Waals surface area contributed by atoms with Crippen LogP contribution in [0, 0.1) is 0 Å². The molecule has 207 valence electrons. The fraction of sp³-hybridized carbons (Fsp3) is 0.963. The summed E-state index contributed by atoms with van der Waals surface area (Å²) in [5, 5.41) is 3.85. The largest absolute Gasteiger partial charge is 0.462 e. The number of ether oxygens (including phenoxy) is 1. The Morgan fingerprint density at radius 3 is 1.86 bits per heavy atom. The van der Waals surface area contributed by atoms with Gasteiger partial charge in [-0.2, -0.15) is 0 Å². The van der Waals surface area contributed by atoms with E-state index in [1.807, 2.05) is 0 Å². The maximum atomic E-state index is 12.5. The van der Waals surface area contributed by atoms with E-state index in [1.54, 1.807) is 0 Å². The summed E-state index contributed by atoms with van der Waals surface area (Å²) in [5.74, 6) is -0.0566. The third kappa shape index (κ3) is 25.1. The van der Waals surface area contributed by atoms with Crippen LogP contribution < -0.4 is 0 Å². The molecular weight excluding hydrogens is 484 g/mol. The number of esters is 1. The molecule has 36 heavy (non-hydrogen) atoms. The zero-order chi connectivity index (χ0) is 26.7. The van der Waals surface area contributed by atoms with Gasteiger partial charge < -0.3 is 9.16 Å². The molecule has 0 rings (SSSR count). The van der Waals surface area contributed by atoms with E-state index in [1.165, 1.54) is 83.5 Å². The highest BCUT2D eigenvalue weighted by Crippen LogP contribution is 2.19. The lowest BCUT2D eigenvalue weighted by Gasteiger charge is -2.19. The molecule has 0 spiro atoms. The number of nitrogens with zero attached hydrogens (tertiary/aromatic N) is 3. The van der Waals surface area contributed by atoms with Gasteiger partial charge in [0, 0.05) is 17.9 Å². The van der Waals surface area contributed by atoms with E-state index in [0.29, 0.717) is 19.4 Å². The second kappa shape index (κ2) is 27.5. The molecule has 0 aromatic rings. The lowest BCUT2D eigenvalue weighted by atomic mass is 10.0. The van der Waals surface area contributed by atoms with Gasteiger partial charge in [-0.05, 0) is 44.1 Å². The first-order valence-corrected chi connectivity index (χ1v) is 18.1. The number of hydrogen-bond acceptors (Lipinski definition) is 4. The minimum Gasteiger partial charge on any atom is -0.462 e. The Bertz CT molecular complexity index is 554. The highest BCUT2D eigenvalue weighted by atomic mass is 31.3. The Morgan fingerprint density at radius 2 is 1.33 bits per heavy atom. The predicted molar refractivity (Wildman–Crippen MR) is 158 cm³/mol.